The van der Waals surface area contributed by atoms with E-state index in [9.17, 15) is 13.2 Å². The first-order valence-electron chi connectivity index (χ1n) is 6.90. The molecule has 0 saturated heterocycles. The molecule has 0 saturated carbocycles. The van der Waals surface area contributed by atoms with Crippen molar-refractivity contribution in [1.82, 2.24) is 5.32 Å². The monoisotopic (exact) mass is 327 g/mol. The molecular formula is C15H18ClNO3S. The second-order valence-corrected chi connectivity index (χ2v) is 7.59. The van der Waals surface area contributed by atoms with Crippen molar-refractivity contribution in [1.29, 1.82) is 0 Å². The third kappa shape index (κ3) is 4.58. The van der Waals surface area contributed by atoms with Gasteiger partial charge in [-0.3, -0.25) is 4.79 Å². The minimum atomic E-state index is -3.39. The number of hydrogen-bond acceptors (Lipinski definition) is 3. The third-order valence-electron chi connectivity index (χ3n) is 3.48. The van der Waals surface area contributed by atoms with Crippen molar-refractivity contribution in [2.45, 2.75) is 24.2 Å². The van der Waals surface area contributed by atoms with E-state index < -0.39 is 9.84 Å². The second-order valence-electron chi connectivity index (χ2n) is 5.05. The molecule has 1 aliphatic rings. The molecule has 4 nitrogen and oxygen atoms in total. The van der Waals surface area contributed by atoms with Crippen LogP contribution in [-0.4, -0.2) is 26.6 Å². The molecule has 0 fully saturated rings. The highest BCUT2D eigenvalue weighted by molar-refractivity contribution is 7.91. The number of benzene rings is 1. The van der Waals surface area contributed by atoms with Crippen LogP contribution in [0.15, 0.2) is 41.3 Å². The topological polar surface area (TPSA) is 63.2 Å². The average Bonchev–Trinajstić information content (AvgIpc) is 2.48. The fraction of sp³-hybridized carbons (Fsp3) is 0.400. The summed E-state index contributed by atoms with van der Waals surface area (Å²) in [5.41, 5.74) is 0. The van der Waals surface area contributed by atoms with Gasteiger partial charge in [0.2, 0.25) is 5.91 Å². The first-order valence-corrected chi connectivity index (χ1v) is 8.93. The van der Waals surface area contributed by atoms with Gasteiger partial charge in [0, 0.05) is 17.5 Å². The molecule has 1 aromatic rings. The summed E-state index contributed by atoms with van der Waals surface area (Å²) in [5, 5.41) is 3.20. The first-order chi connectivity index (χ1) is 9.99. The number of halogens is 1. The quantitative estimate of drug-likeness (QED) is 0.845. The van der Waals surface area contributed by atoms with Gasteiger partial charge in [0.05, 0.1) is 10.6 Å². The van der Waals surface area contributed by atoms with Gasteiger partial charge < -0.3 is 5.32 Å². The number of allylic oxidation sites excluding steroid dienone is 2. The van der Waals surface area contributed by atoms with Gasteiger partial charge in [-0.05, 0) is 43.5 Å². The van der Waals surface area contributed by atoms with Gasteiger partial charge in [-0.2, -0.15) is 0 Å². The molecule has 0 bridgehead atoms. The maximum Gasteiger partial charge on any atom is 0.223 e. The van der Waals surface area contributed by atoms with Crippen LogP contribution in [0.25, 0.3) is 0 Å². The Morgan fingerprint density at radius 3 is 2.57 bits per heavy atom. The van der Waals surface area contributed by atoms with Crippen LogP contribution in [0.5, 0.6) is 0 Å². The van der Waals surface area contributed by atoms with Crippen LogP contribution in [-0.2, 0) is 14.6 Å². The summed E-state index contributed by atoms with van der Waals surface area (Å²) in [7, 11) is -3.39. The molecule has 2 rings (SSSR count). The Labute approximate surface area is 130 Å². The molecule has 1 amide bonds. The Balaban J connectivity index is 1.86. The van der Waals surface area contributed by atoms with Gasteiger partial charge in [0.1, 0.15) is 0 Å². The second kappa shape index (κ2) is 7.09. The minimum absolute atomic E-state index is 0.0340. The Hall–Kier alpha value is -1.33. The van der Waals surface area contributed by atoms with E-state index in [1.807, 2.05) is 6.08 Å². The van der Waals surface area contributed by atoms with Crippen LogP contribution in [0.3, 0.4) is 0 Å². The third-order valence-corrected chi connectivity index (χ3v) is 5.47. The van der Waals surface area contributed by atoms with Crippen molar-refractivity contribution in [3.05, 3.63) is 41.4 Å². The fourth-order valence-corrected chi connectivity index (χ4v) is 3.53. The molecule has 0 radical (unpaired) electrons. The van der Waals surface area contributed by atoms with Crippen molar-refractivity contribution in [3.63, 3.8) is 0 Å². The number of rotatable bonds is 5. The van der Waals surface area contributed by atoms with Gasteiger partial charge >= 0.3 is 0 Å². The molecule has 1 aromatic carbocycles. The molecule has 1 N–H and O–H groups in total. The van der Waals surface area contributed by atoms with Crippen molar-refractivity contribution in [3.8, 4) is 0 Å². The van der Waals surface area contributed by atoms with Crippen molar-refractivity contribution >= 4 is 27.3 Å². The molecule has 0 spiro atoms. The molecule has 6 heteroatoms. The number of nitrogens with one attached hydrogen (secondary N) is 1. The van der Waals surface area contributed by atoms with E-state index >= 15 is 0 Å². The summed E-state index contributed by atoms with van der Waals surface area (Å²) < 4.78 is 24.2. The molecular weight excluding hydrogens is 310 g/mol. The SMILES string of the molecule is O=C(NCCS(=O)(=O)c1ccc(Cl)cc1)C1CC=CCC1. The lowest BCUT2D eigenvalue weighted by Gasteiger charge is -2.17. The minimum Gasteiger partial charge on any atom is -0.355 e. The highest BCUT2D eigenvalue weighted by Gasteiger charge is 2.19. The zero-order chi connectivity index (χ0) is 15.3. The van der Waals surface area contributed by atoms with Gasteiger partial charge in [0.25, 0.3) is 0 Å². The largest absolute Gasteiger partial charge is 0.355 e. The predicted molar refractivity (Wildman–Crippen MR) is 83.0 cm³/mol. The Morgan fingerprint density at radius 1 is 1.24 bits per heavy atom. The number of carbonyl (C=O) groups is 1. The van der Waals surface area contributed by atoms with E-state index in [-0.39, 0.29) is 29.0 Å². The molecule has 0 aliphatic heterocycles. The summed E-state index contributed by atoms with van der Waals surface area (Å²) in [5.74, 6) is -0.206. The molecule has 1 aliphatic carbocycles. The van der Waals surface area contributed by atoms with Crippen LogP contribution in [0.1, 0.15) is 19.3 Å². The van der Waals surface area contributed by atoms with Crippen LogP contribution in [0, 0.1) is 5.92 Å². The van der Waals surface area contributed by atoms with Crippen molar-refractivity contribution in [2.75, 3.05) is 12.3 Å². The Morgan fingerprint density at radius 2 is 1.95 bits per heavy atom. The van der Waals surface area contributed by atoms with Gasteiger partial charge in [-0.15, -0.1) is 0 Å². The maximum atomic E-state index is 12.1. The summed E-state index contributed by atoms with van der Waals surface area (Å²) >= 11 is 5.74. The predicted octanol–water partition coefficient (Wildman–Crippen LogP) is 2.59. The summed E-state index contributed by atoms with van der Waals surface area (Å²) in [6.07, 6.45) is 6.52. The van der Waals surface area contributed by atoms with E-state index in [1.54, 1.807) is 12.1 Å². The number of carbonyl (C=O) groups excluding carboxylic acids is 1. The van der Waals surface area contributed by atoms with Crippen LogP contribution in [0.4, 0.5) is 0 Å². The smallest absolute Gasteiger partial charge is 0.223 e. The highest BCUT2D eigenvalue weighted by Crippen LogP contribution is 2.18. The number of sulfone groups is 1. The van der Waals surface area contributed by atoms with Crippen molar-refractivity contribution in [2.24, 2.45) is 5.92 Å². The van der Waals surface area contributed by atoms with E-state index in [2.05, 4.69) is 11.4 Å². The Bertz CT molecular complexity index is 623. The van der Waals surface area contributed by atoms with Gasteiger partial charge in [-0.25, -0.2) is 8.42 Å². The van der Waals surface area contributed by atoms with E-state index in [4.69, 9.17) is 11.6 Å². The fourth-order valence-electron chi connectivity index (χ4n) is 2.24. The number of hydrogen-bond donors (Lipinski definition) is 1. The molecule has 1 atom stereocenters. The lowest BCUT2D eigenvalue weighted by molar-refractivity contribution is -0.125. The van der Waals surface area contributed by atoms with Crippen LogP contribution >= 0.6 is 11.6 Å². The summed E-state index contributed by atoms with van der Waals surface area (Å²) in [4.78, 5) is 12.1. The summed E-state index contributed by atoms with van der Waals surface area (Å²) in [6.45, 7) is 0.129. The Kier molecular flexibility index (Phi) is 5.42. The lowest BCUT2D eigenvalue weighted by atomic mass is 9.94. The normalized spacial score (nSPS) is 18.4. The standard InChI is InChI=1S/C15H18ClNO3S/c16-13-6-8-14(9-7-13)21(19,20)11-10-17-15(18)12-4-2-1-3-5-12/h1-2,6-9,12H,3-5,10-11H2,(H,17,18). The van der Waals surface area contributed by atoms with E-state index in [0.29, 0.717) is 5.02 Å². The van der Waals surface area contributed by atoms with E-state index in [1.165, 1.54) is 12.1 Å². The lowest BCUT2D eigenvalue weighted by Crippen LogP contribution is -2.34. The maximum absolute atomic E-state index is 12.1. The average molecular weight is 328 g/mol. The van der Waals surface area contributed by atoms with Crippen LogP contribution in [0.2, 0.25) is 5.02 Å². The molecule has 114 valence electrons. The highest BCUT2D eigenvalue weighted by atomic mass is 35.5. The van der Waals surface area contributed by atoms with Gasteiger partial charge in [0.15, 0.2) is 9.84 Å². The molecule has 1 unspecified atom stereocenters. The van der Waals surface area contributed by atoms with Crippen molar-refractivity contribution < 1.29 is 13.2 Å². The number of amides is 1. The van der Waals surface area contributed by atoms with E-state index in [0.717, 1.165) is 19.3 Å². The zero-order valence-electron chi connectivity index (χ0n) is 11.6. The van der Waals surface area contributed by atoms with Gasteiger partial charge in [-0.1, -0.05) is 23.8 Å². The first kappa shape index (κ1) is 16.0. The molecule has 0 aromatic heterocycles. The molecule has 21 heavy (non-hydrogen) atoms. The summed E-state index contributed by atoms with van der Waals surface area (Å²) in [6, 6.07) is 6.04. The zero-order valence-corrected chi connectivity index (χ0v) is 13.2. The molecule has 0 heterocycles. The van der Waals surface area contributed by atoms with Crippen LogP contribution < -0.4 is 5.32 Å².